The van der Waals surface area contributed by atoms with E-state index in [9.17, 15) is 0 Å². The molecule has 0 aliphatic carbocycles. The Morgan fingerprint density at radius 3 is 2.48 bits per heavy atom. The molecule has 0 unspecified atom stereocenters. The van der Waals surface area contributed by atoms with Gasteiger partial charge in [-0.25, -0.2) is 0 Å². The van der Waals surface area contributed by atoms with Crippen molar-refractivity contribution in [3.8, 4) is 11.3 Å². The Balaban J connectivity index is 1.91. The van der Waals surface area contributed by atoms with E-state index in [0.29, 0.717) is 0 Å². The third kappa shape index (κ3) is 2.85. The molecule has 0 radical (unpaired) electrons. The molecule has 4 rings (SSSR count). The Labute approximate surface area is 164 Å². The molecular weight excluding hydrogens is 345 g/mol. The largest absolute Gasteiger partial charge is 0.430 e. The van der Waals surface area contributed by atoms with Gasteiger partial charge in [0.1, 0.15) is 0 Å². The summed E-state index contributed by atoms with van der Waals surface area (Å²) < 4.78 is 2.16. The predicted molar refractivity (Wildman–Crippen MR) is 120 cm³/mol. The molecule has 0 spiro atoms. The SMILES string of the molecule is CC[Si](CC)(CC)c1cc(C)ccc1B1Nc2ccccc2-c2ccnn21. The van der Waals surface area contributed by atoms with Gasteiger partial charge in [0.25, 0.3) is 0 Å². The molecule has 3 aromatic rings. The highest BCUT2D eigenvalue weighted by atomic mass is 28.3. The standard InChI is InChI=1S/C22H28BN3Si/c1-5-27(6-2,7-3)22-16-17(4)12-13-19(22)23-25-20-11-9-8-10-18(20)21-14-15-24-26(21)23/h8-16,25H,5-7H2,1-4H3. The van der Waals surface area contributed by atoms with Gasteiger partial charge in [0, 0.05) is 17.4 Å². The van der Waals surface area contributed by atoms with Crippen molar-refractivity contribution < 1.29 is 0 Å². The molecule has 5 heteroatoms. The summed E-state index contributed by atoms with van der Waals surface area (Å²) in [7, 11) is -1.53. The first kappa shape index (κ1) is 18.1. The normalized spacial score (nSPS) is 13.1. The number of hydrogen-bond donors (Lipinski definition) is 1. The third-order valence-corrected chi connectivity index (χ3v) is 12.2. The summed E-state index contributed by atoms with van der Waals surface area (Å²) in [4.78, 5) is 0. The Bertz CT molecular complexity index is 953. The van der Waals surface area contributed by atoms with Crippen LogP contribution in [0.25, 0.3) is 11.3 Å². The van der Waals surface area contributed by atoms with E-state index in [0.717, 1.165) is 0 Å². The number of aryl methyl sites for hydroxylation is 1. The summed E-state index contributed by atoms with van der Waals surface area (Å²) in [6.07, 6.45) is 1.92. The van der Waals surface area contributed by atoms with E-state index in [-0.39, 0.29) is 6.98 Å². The second kappa shape index (κ2) is 7.04. The number of fused-ring (bicyclic) bond motifs is 3. The highest BCUT2D eigenvalue weighted by Gasteiger charge is 2.38. The summed E-state index contributed by atoms with van der Waals surface area (Å²) >= 11 is 0. The van der Waals surface area contributed by atoms with Crippen LogP contribution in [-0.2, 0) is 0 Å². The van der Waals surface area contributed by atoms with Crippen LogP contribution < -0.4 is 15.9 Å². The zero-order valence-electron chi connectivity index (χ0n) is 16.8. The lowest BCUT2D eigenvalue weighted by atomic mass is 9.66. The lowest BCUT2D eigenvalue weighted by molar-refractivity contribution is 0.963. The van der Waals surface area contributed by atoms with E-state index in [4.69, 9.17) is 5.10 Å². The number of nitrogens with zero attached hydrogens (tertiary/aromatic N) is 2. The minimum atomic E-state index is -1.53. The minimum absolute atomic E-state index is 0.0528. The quantitative estimate of drug-likeness (QED) is 0.678. The first-order valence-corrected chi connectivity index (χ1v) is 12.8. The maximum absolute atomic E-state index is 4.71. The monoisotopic (exact) mass is 373 g/mol. The molecule has 138 valence electrons. The molecule has 0 fully saturated rings. The Morgan fingerprint density at radius 1 is 1.00 bits per heavy atom. The molecule has 1 aliphatic heterocycles. The van der Waals surface area contributed by atoms with Crippen molar-refractivity contribution in [2.75, 3.05) is 5.23 Å². The molecule has 0 saturated heterocycles. The Kier molecular flexibility index (Phi) is 4.72. The van der Waals surface area contributed by atoms with Crippen LogP contribution >= 0.6 is 0 Å². The van der Waals surface area contributed by atoms with Gasteiger partial charge in [-0.3, -0.25) is 4.59 Å². The number of benzene rings is 2. The maximum atomic E-state index is 4.71. The van der Waals surface area contributed by atoms with Crippen LogP contribution in [-0.4, -0.2) is 24.7 Å². The summed E-state index contributed by atoms with van der Waals surface area (Å²) in [6, 6.07) is 21.6. The van der Waals surface area contributed by atoms with Crippen LogP contribution in [0.1, 0.15) is 26.3 Å². The smallest absolute Gasteiger partial charge is 0.404 e. The fourth-order valence-corrected chi connectivity index (χ4v) is 8.68. The van der Waals surface area contributed by atoms with Gasteiger partial charge >= 0.3 is 6.98 Å². The van der Waals surface area contributed by atoms with E-state index in [1.807, 2.05) is 6.20 Å². The van der Waals surface area contributed by atoms with Gasteiger partial charge in [0.15, 0.2) is 0 Å². The van der Waals surface area contributed by atoms with Gasteiger partial charge < -0.3 is 5.23 Å². The topological polar surface area (TPSA) is 29.9 Å². The zero-order chi connectivity index (χ0) is 19.0. The minimum Gasteiger partial charge on any atom is -0.404 e. The van der Waals surface area contributed by atoms with Crippen molar-refractivity contribution in [3.63, 3.8) is 0 Å². The lowest BCUT2D eigenvalue weighted by Crippen LogP contribution is -2.62. The number of aromatic nitrogens is 2. The van der Waals surface area contributed by atoms with Crippen LogP contribution in [0, 0.1) is 6.92 Å². The van der Waals surface area contributed by atoms with Crippen molar-refractivity contribution in [2.24, 2.45) is 0 Å². The Hall–Kier alpha value is -2.27. The van der Waals surface area contributed by atoms with Crippen molar-refractivity contribution in [1.29, 1.82) is 0 Å². The van der Waals surface area contributed by atoms with Gasteiger partial charge in [-0.05, 0) is 24.5 Å². The first-order chi connectivity index (χ1) is 13.1. The van der Waals surface area contributed by atoms with Gasteiger partial charge in [0.2, 0.25) is 0 Å². The van der Waals surface area contributed by atoms with Crippen LogP contribution in [0.5, 0.6) is 0 Å². The Morgan fingerprint density at radius 2 is 1.74 bits per heavy atom. The maximum Gasteiger partial charge on any atom is 0.430 e. The fraction of sp³-hybridized carbons (Fsp3) is 0.318. The predicted octanol–water partition coefficient (Wildman–Crippen LogP) is 4.24. The van der Waals surface area contributed by atoms with Gasteiger partial charge in [-0.1, -0.05) is 86.1 Å². The molecule has 27 heavy (non-hydrogen) atoms. The van der Waals surface area contributed by atoms with Gasteiger partial charge in [0.05, 0.1) is 13.8 Å². The highest BCUT2D eigenvalue weighted by molar-refractivity contribution is 6.96. The summed E-state index contributed by atoms with van der Waals surface area (Å²) in [6.45, 7) is 9.42. The second-order valence-corrected chi connectivity index (χ2v) is 12.9. The molecule has 0 bridgehead atoms. The molecule has 1 aromatic heterocycles. The summed E-state index contributed by atoms with van der Waals surface area (Å²) in [5, 5.41) is 10.1. The van der Waals surface area contributed by atoms with E-state index in [2.05, 4.69) is 86.0 Å². The second-order valence-electron chi connectivity index (χ2n) is 7.69. The molecule has 2 aromatic carbocycles. The van der Waals surface area contributed by atoms with E-state index >= 15 is 0 Å². The fourth-order valence-electron chi connectivity index (χ4n) is 4.67. The average Bonchev–Trinajstić information content (AvgIpc) is 3.20. The zero-order valence-corrected chi connectivity index (χ0v) is 17.8. The molecule has 1 aliphatic rings. The van der Waals surface area contributed by atoms with Crippen LogP contribution in [0.2, 0.25) is 18.1 Å². The number of nitrogens with one attached hydrogen (secondary N) is 1. The summed E-state index contributed by atoms with van der Waals surface area (Å²) in [5.74, 6) is 0. The van der Waals surface area contributed by atoms with Crippen LogP contribution in [0.15, 0.2) is 54.7 Å². The van der Waals surface area contributed by atoms with E-state index < -0.39 is 8.07 Å². The van der Waals surface area contributed by atoms with E-state index in [1.165, 1.54) is 46.1 Å². The molecule has 3 nitrogen and oxygen atoms in total. The third-order valence-electron chi connectivity index (χ3n) is 6.52. The summed E-state index contributed by atoms with van der Waals surface area (Å²) in [5.41, 5.74) is 6.37. The first-order valence-electron chi connectivity index (χ1n) is 10.1. The van der Waals surface area contributed by atoms with Crippen molar-refractivity contribution in [2.45, 2.75) is 45.8 Å². The van der Waals surface area contributed by atoms with Gasteiger partial charge in [-0.15, -0.1) is 0 Å². The number of anilines is 1. The number of hydrogen-bond acceptors (Lipinski definition) is 2. The molecular formula is C22H28BN3Si. The highest BCUT2D eigenvalue weighted by Crippen LogP contribution is 2.32. The average molecular weight is 373 g/mol. The van der Waals surface area contributed by atoms with Crippen LogP contribution in [0.4, 0.5) is 5.69 Å². The molecule has 0 saturated carbocycles. The lowest BCUT2D eigenvalue weighted by Gasteiger charge is -2.34. The number of rotatable bonds is 5. The van der Waals surface area contributed by atoms with E-state index in [1.54, 1.807) is 5.19 Å². The molecule has 0 amide bonds. The van der Waals surface area contributed by atoms with Crippen molar-refractivity contribution in [1.82, 2.24) is 9.69 Å². The molecule has 2 heterocycles. The molecule has 1 N–H and O–H groups in total. The molecule has 0 atom stereocenters. The van der Waals surface area contributed by atoms with Crippen molar-refractivity contribution >= 4 is 31.4 Å². The van der Waals surface area contributed by atoms with Crippen LogP contribution in [0.3, 0.4) is 0 Å². The number of para-hydroxylation sites is 1. The van der Waals surface area contributed by atoms with Gasteiger partial charge in [-0.2, -0.15) is 5.10 Å². The van der Waals surface area contributed by atoms with Crippen molar-refractivity contribution in [3.05, 3.63) is 60.3 Å².